The lowest BCUT2D eigenvalue weighted by molar-refractivity contribution is 0.0699. The maximum absolute atomic E-state index is 11.5. The first-order valence-corrected chi connectivity index (χ1v) is 7.45. The molecule has 0 aliphatic heterocycles. The number of fused-ring (bicyclic) bond motifs is 1. The van der Waals surface area contributed by atoms with Gasteiger partial charge >= 0.3 is 5.97 Å². The predicted octanol–water partition coefficient (Wildman–Crippen LogP) is 3.04. The Bertz CT molecular complexity index is 918. The number of aromatic carboxylic acids is 1. The monoisotopic (exact) mass is 327 g/mol. The molecule has 2 heterocycles. The maximum atomic E-state index is 11.5. The number of hydrogen-bond donors (Lipinski definition) is 2. The highest BCUT2D eigenvalue weighted by molar-refractivity contribution is 6.01. The van der Waals surface area contributed by atoms with Crippen molar-refractivity contribution in [1.82, 2.24) is 15.0 Å². The van der Waals surface area contributed by atoms with E-state index in [1.54, 1.807) is 26.2 Å². The largest absolute Gasteiger partial charge is 0.493 e. The van der Waals surface area contributed by atoms with Crippen molar-refractivity contribution >= 4 is 17.1 Å². The summed E-state index contributed by atoms with van der Waals surface area (Å²) in [4.78, 5) is 23.2. The number of carboxylic acids is 1. The van der Waals surface area contributed by atoms with Crippen LogP contribution in [0.3, 0.4) is 0 Å². The molecule has 0 aliphatic rings. The van der Waals surface area contributed by atoms with Crippen molar-refractivity contribution in [1.29, 1.82) is 0 Å². The number of methoxy groups -OCH3 is 1. The fourth-order valence-corrected chi connectivity index (χ4v) is 2.52. The lowest BCUT2D eigenvalue weighted by atomic mass is 10.1. The zero-order chi connectivity index (χ0) is 17.3. The molecule has 1 aromatic carbocycles. The van der Waals surface area contributed by atoms with Crippen LogP contribution in [0.15, 0.2) is 24.3 Å². The number of nitrogens with zero attached hydrogens (tertiary/aromatic N) is 2. The molecule has 0 aliphatic carbocycles. The predicted molar refractivity (Wildman–Crippen MR) is 88.7 cm³/mol. The van der Waals surface area contributed by atoms with E-state index >= 15 is 0 Å². The second-order valence-corrected chi connectivity index (χ2v) is 5.18. The molecule has 3 aromatic rings. The number of ether oxygens (including phenoxy) is 2. The molecule has 2 N–H and O–H groups in total. The van der Waals surface area contributed by atoms with Gasteiger partial charge in [-0.2, -0.15) is 0 Å². The summed E-state index contributed by atoms with van der Waals surface area (Å²) in [6.07, 6.45) is 0. The van der Waals surface area contributed by atoms with Crippen LogP contribution in [0.4, 0.5) is 0 Å². The van der Waals surface area contributed by atoms with E-state index in [2.05, 4.69) is 15.0 Å². The average Bonchev–Trinajstić information content (AvgIpc) is 2.94. The Balaban J connectivity index is 2.17. The second kappa shape index (κ2) is 6.19. The standard InChI is InChI=1S/C17H17N3O4/c1-4-24-13-6-5-10(7-14(13)23-3)12-8-11(17(21)22)15-16(20-12)19-9(2)18-15/h5-8H,4H2,1-3H3,(H,21,22)(H,18,19,20). The number of benzene rings is 1. The number of aryl methyl sites for hydroxylation is 1. The van der Waals surface area contributed by atoms with Gasteiger partial charge in [0.15, 0.2) is 17.1 Å². The Hall–Kier alpha value is -3.09. The zero-order valence-corrected chi connectivity index (χ0v) is 13.6. The van der Waals surface area contributed by atoms with Gasteiger partial charge in [-0.25, -0.2) is 14.8 Å². The summed E-state index contributed by atoms with van der Waals surface area (Å²) in [6.45, 7) is 4.17. The summed E-state index contributed by atoms with van der Waals surface area (Å²) in [5, 5.41) is 9.46. The minimum Gasteiger partial charge on any atom is -0.493 e. The zero-order valence-electron chi connectivity index (χ0n) is 13.6. The molecule has 0 saturated carbocycles. The first kappa shape index (κ1) is 15.8. The molecule has 0 spiro atoms. The van der Waals surface area contributed by atoms with Crippen molar-refractivity contribution in [2.75, 3.05) is 13.7 Å². The SMILES string of the molecule is CCOc1ccc(-c2cc(C(=O)O)c3[nH]c(C)nc3n2)cc1OC. The molecule has 0 fully saturated rings. The van der Waals surface area contributed by atoms with Crippen LogP contribution >= 0.6 is 0 Å². The third kappa shape index (κ3) is 2.76. The highest BCUT2D eigenvalue weighted by atomic mass is 16.5. The van der Waals surface area contributed by atoms with Crippen LogP contribution in [-0.4, -0.2) is 39.7 Å². The number of H-pyrrole nitrogens is 1. The molecular weight excluding hydrogens is 310 g/mol. The van der Waals surface area contributed by atoms with Crippen molar-refractivity contribution in [2.24, 2.45) is 0 Å². The third-order valence-corrected chi connectivity index (χ3v) is 3.57. The number of aromatic nitrogens is 3. The first-order chi connectivity index (χ1) is 11.5. The lowest BCUT2D eigenvalue weighted by Gasteiger charge is -2.11. The molecule has 7 nitrogen and oxygen atoms in total. The smallest absolute Gasteiger partial charge is 0.338 e. The molecule has 0 atom stereocenters. The van der Waals surface area contributed by atoms with Crippen LogP contribution in [-0.2, 0) is 0 Å². The molecule has 24 heavy (non-hydrogen) atoms. The van der Waals surface area contributed by atoms with Crippen LogP contribution in [0.5, 0.6) is 11.5 Å². The van der Waals surface area contributed by atoms with Gasteiger partial charge in [0, 0.05) is 5.56 Å². The van der Waals surface area contributed by atoms with Gasteiger partial charge in [-0.3, -0.25) is 0 Å². The van der Waals surface area contributed by atoms with Gasteiger partial charge in [0.2, 0.25) is 0 Å². The van der Waals surface area contributed by atoms with Gasteiger partial charge in [-0.05, 0) is 38.1 Å². The summed E-state index contributed by atoms with van der Waals surface area (Å²) < 4.78 is 10.8. The normalized spacial score (nSPS) is 10.8. The topological polar surface area (TPSA) is 97.3 Å². The molecule has 0 bridgehead atoms. The number of nitrogens with one attached hydrogen (secondary N) is 1. The molecular formula is C17H17N3O4. The number of aromatic amines is 1. The average molecular weight is 327 g/mol. The van der Waals surface area contributed by atoms with E-state index in [4.69, 9.17) is 9.47 Å². The van der Waals surface area contributed by atoms with Crippen molar-refractivity contribution in [3.8, 4) is 22.8 Å². The van der Waals surface area contributed by atoms with Gasteiger partial charge in [0.25, 0.3) is 0 Å². The second-order valence-electron chi connectivity index (χ2n) is 5.18. The fraction of sp³-hybridized carbons (Fsp3) is 0.235. The number of carboxylic acid groups (broad SMARTS) is 1. The lowest BCUT2D eigenvalue weighted by Crippen LogP contribution is -2.00. The van der Waals surface area contributed by atoms with Crippen LogP contribution in [0, 0.1) is 6.92 Å². The summed E-state index contributed by atoms with van der Waals surface area (Å²) >= 11 is 0. The summed E-state index contributed by atoms with van der Waals surface area (Å²) in [5.74, 6) is 0.761. The van der Waals surface area contributed by atoms with E-state index < -0.39 is 5.97 Å². The van der Waals surface area contributed by atoms with E-state index in [1.165, 1.54) is 6.07 Å². The summed E-state index contributed by atoms with van der Waals surface area (Å²) in [7, 11) is 1.55. The molecule has 3 rings (SSSR count). The molecule has 0 amide bonds. The minimum absolute atomic E-state index is 0.128. The Labute approximate surface area is 138 Å². The van der Waals surface area contributed by atoms with Crippen LogP contribution in [0.1, 0.15) is 23.1 Å². The Kier molecular flexibility index (Phi) is 4.07. The number of imidazole rings is 1. The minimum atomic E-state index is -1.04. The summed E-state index contributed by atoms with van der Waals surface area (Å²) in [5.41, 5.74) is 2.15. The molecule has 2 aromatic heterocycles. The van der Waals surface area contributed by atoms with E-state index in [0.29, 0.717) is 40.8 Å². The number of pyridine rings is 1. The summed E-state index contributed by atoms with van der Waals surface area (Å²) in [6, 6.07) is 6.88. The van der Waals surface area contributed by atoms with Crippen molar-refractivity contribution in [3.05, 3.63) is 35.7 Å². The first-order valence-electron chi connectivity index (χ1n) is 7.45. The van der Waals surface area contributed by atoms with Gasteiger partial charge in [0.1, 0.15) is 5.82 Å². The van der Waals surface area contributed by atoms with E-state index in [9.17, 15) is 9.90 Å². The maximum Gasteiger partial charge on any atom is 0.338 e. The molecule has 0 unspecified atom stereocenters. The fourth-order valence-electron chi connectivity index (χ4n) is 2.52. The van der Waals surface area contributed by atoms with Crippen molar-refractivity contribution < 1.29 is 19.4 Å². The Morgan fingerprint density at radius 1 is 1.25 bits per heavy atom. The number of hydrogen-bond acceptors (Lipinski definition) is 5. The molecule has 124 valence electrons. The Morgan fingerprint density at radius 3 is 2.71 bits per heavy atom. The highest BCUT2D eigenvalue weighted by Gasteiger charge is 2.17. The van der Waals surface area contributed by atoms with E-state index in [0.717, 1.165) is 5.56 Å². The van der Waals surface area contributed by atoms with Crippen LogP contribution < -0.4 is 9.47 Å². The number of carbonyl (C=O) groups is 1. The van der Waals surface area contributed by atoms with Crippen LogP contribution in [0.25, 0.3) is 22.4 Å². The van der Waals surface area contributed by atoms with Gasteiger partial charge in [-0.1, -0.05) is 0 Å². The van der Waals surface area contributed by atoms with Gasteiger partial charge in [-0.15, -0.1) is 0 Å². The van der Waals surface area contributed by atoms with Crippen molar-refractivity contribution in [2.45, 2.75) is 13.8 Å². The van der Waals surface area contributed by atoms with Crippen molar-refractivity contribution in [3.63, 3.8) is 0 Å². The quantitative estimate of drug-likeness (QED) is 0.747. The van der Waals surface area contributed by atoms with Gasteiger partial charge < -0.3 is 19.6 Å². The third-order valence-electron chi connectivity index (χ3n) is 3.57. The molecule has 0 radical (unpaired) electrons. The van der Waals surface area contributed by atoms with Gasteiger partial charge in [0.05, 0.1) is 30.5 Å². The van der Waals surface area contributed by atoms with E-state index in [-0.39, 0.29) is 5.56 Å². The highest BCUT2D eigenvalue weighted by Crippen LogP contribution is 2.33. The van der Waals surface area contributed by atoms with E-state index in [1.807, 2.05) is 13.0 Å². The van der Waals surface area contributed by atoms with Crippen LogP contribution in [0.2, 0.25) is 0 Å². The number of rotatable bonds is 5. The molecule has 7 heteroatoms. The molecule has 0 saturated heterocycles. The Morgan fingerprint density at radius 2 is 2.04 bits per heavy atom.